The summed E-state index contributed by atoms with van der Waals surface area (Å²) in [5.41, 5.74) is 1.21. The number of carbonyl (C=O) groups is 4. The molecule has 0 unspecified atom stereocenters. The maximum absolute atomic E-state index is 13.6. The Kier molecular flexibility index (Phi) is 6.15. The molecule has 0 radical (unpaired) electrons. The average Bonchev–Trinajstić information content (AvgIpc) is 3.61. The molecule has 2 aliphatic carbocycles. The molecule has 2 N–H and O–H groups in total. The predicted octanol–water partition coefficient (Wildman–Crippen LogP) is 2.86. The summed E-state index contributed by atoms with van der Waals surface area (Å²) in [6.45, 7) is 0.529. The van der Waals surface area contributed by atoms with Crippen LogP contribution in [0.2, 0.25) is 0 Å². The minimum Gasteiger partial charge on any atom is -0.496 e. The number of rotatable bonds is 7. The predicted molar refractivity (Wildman–Crippen MR) is 125 cm³/mol. The highest BCUT2D eigenvalue weighted by Gasteiger charge is 2.50. The summed E-state index contributed by atoms with van der Waals surface area (Å²) >= 11 is 0. The molecular weight excluding hydrogens is 434 g/mol. The largest absolute Gasteiger partial charge is 0.496 e. The summed E-state index contributed by atoms with van der Waals surface area (Å²) in [7, 11) is 1.59. The van der Waals surface area contributed by atoms with E-state index in [2.05, 4.69) is 10.3 Å². The zero-order valence-corrected chi connectivity index (χ0v) is 19.4. The number of carbonyl (C=O) groups excluding carboxylic acids is 4. The smallest absolute Gasteiger partial charge is 0.271 e. The normalized spacial score (nSPS) is 27.1. The number of Topliss-reactive ketones (excluding diaryl/α,β-unsaturated/α-hetero) is 1. The van der Waals surface area contributed by atoms with Crippen LogP contribution < -0.4 is 10.1 Å². The van der Waals surface area contributed by atoms with Crippen LogP contribution in [0.3, 0.4) is 0 Å². The number of aldehydes is 1. The number of hydrogen-bond donors (Lipinski definition) is 2. The molecule has 1 aromatic carbocycles. The van der Waals surface area contributed by atoms with Gasteiger partial charge in [0.05, 0.1) is 13.2 Å². The van der Waals surface area contributed by atoms with Crippen LogP contribution >= 0.6 is 0 Å². The molecule has 8 nitrogen and oxygen atoms in total. The number of fused-ring (bicyclic) bond motifs is 2. The van der Waals surface area contributed by atoms with Gasteiger partial charge in [-0.3, -0.25) is 14.4 Å². The lowest BCUT2D eigenvalue weighted by atomic mass is 9.92. The molecule has 2 amide bonds. The molecule has 1 aromatic heterocycles. The van der Waals surface area contributed by atoms with Crippen molar-refractivity contribution in [3.05, 3.63) is 30.0 Å². The van der Waals surface area contributed by atoms with Gasteiger partial charge >= 0.3 is 0 Å². The highest BCUT2D eigenvalue weighted by Crippen LogP contribution is 2.43. The molecule has 1 saturated heterocycles. The van der Waals surface area contributed by atoms with E-state index in [9.17, 15) is 19.2 Å². The van der Waals surface area contributed by atoms with Gasteiger partial charge in [0.2, 0.25) is 5.91 Å². The third-order valence-corrected chi connectivity index (χ3v) is 7.96. The van der Waals surface area contributed by atoms with Crippen LogP contribution in [0.1, 0.15) is 55.4 Å². The maximum Gasteiger partial charge on any atom is 0.271 e. The number of nitrogens with zero attached hydrogens (tertiary/aromatic N) is 1. The fraction of sp³-hybridized carbons (Fsp3) is 0.538. The van der Waals surface area contributed by atoms with Gasteiger partial charge in [0.1, 0.15) is 29.6 Å². The first kappa shape index (κ1) is 22.6. The molecule has 2 aromatic rings. The van der Waals surface area contributed by atoms with Crippen LogP contribution in [0.25, 0.3) is 10.9 Å². The van der Waals surface area contributed by atoms with Crippen LogP contribution in [0.15, 0.2) is 24.3 Å². The standard InChI is InChI=1S/C26H31N3O5/c1-34-23-10-4-8-20-19(23)12-21(28-20)26(33)29-13-16-6-2-7-18(16)24(29)25(32)27-17(14-30)11-15-5-3-9-22(15)31/h4,8,10,12,14-18,24,28H,2-3,5-7,9,11,13H2,1H3,(H,27,32)/t15-,16-,17+,18-,24-/m0/s1. The Hall–Kier alpha value is -3.16. The van der Waals surface area contributed by atoms with Crippen molar-refractivity contribution in [1.29, 1.82) is 0 Å². The van der Waals surface area contributed by atoms with Gasteiger partial charge in [0.25, 0.3) is 5.91 Å². The van der Waals surface area contributed by atoms with E-state index < -0.39 is 12.1 Å². The lowest BCUT2D eigenvalue weighted by molar-refractivity contribution is -0.129. The monoisotopic (exact) mass is 465 g/mol. The molecule has 5 rings (SSSR count). The van der Waals surface area contributed by atoms with E-state index in [1.165, 1.54) is 0 Å². The summed E-state index contributed by atoms with van der Waals surface area (Å²) in [6, 6.07) is 6.03. The molecule has 1 aliphatic heterocycles. The summed E-state index contributed by atoms with van der Waals surface area (Å²) in [6.07, 6.45) is 6.14. The van der Waals surface area contributed by atoms with Crippen molar-refractivity contribution in [2.24, 2.45) is 17.8 Å². The van der Waals surface area contributed by atoms with Gasteiger partial charge in [-0.1, -0.05) is 12.5 Å². The molecular formula is C26H31N3O5. The molecule has 34 heavy (non-hydrogen) atoms. The molecule has 2 saturated carbocycles. The molecule has 0 spiro atoms. The van der Waals surface area contributed by atoms with Crippen LogP contribution in [0.5, 0.6) is 5.75 Å². The van der Waals surface area contributed by atoms with Crippen LogP contribution in [-0.2, 0) is 14.4 Å². The number of ketones is 1. The molecule has 2 heterocycles. The van der Waals surface area contributed by atoms with Gasteiger partial charge in [0.15, 0.2) is 0 Å². The van der Waals surface area contributed by atoms with Crippen molar-refractivity contribution in [3.8, 4) is 5.75 Å². The first-order valence-electron chi connectivity index (χ1n) is 12.2. The number of amides is 2. The van der Waals surface area contributed by atoms with Gasteiger partial charge in [0, 0.05) is 29.8 Å². The fourth-order valence-electron chi connectivity index (χ4n) is 6.29. The Morgan fingerprint density at radius 3 is 2.85 bits per heavy atom. The van der Waals surface area contributed by atoms with Gasteiger partial charge in [-0.05, 0) is 62.1 Å². The lowest BCUT2D eigenvalue weighted by Crippen LogP contribution is -2.51. The quantitative estimate of drug-likeness (QED) is 0.612. The topological polar surface area (TPSA) is 109 Å². The Bertz CT molecular complexity index is 1120. The molecule has 180 valence electrons. The highest BCUT2D eigenvalue weighted by molar-refractivity contribution is 6.02. The first-order chi connectivity index (χ1) is 16.5. The molecule has 3 aliphatic rings. The lowest BCUT2D eigenvalue weighted by Gasteiger charge is -2.28. The summed E-state index contributed by atoms with van der Waals surface area (Å²) in [5.74, 6) is 0.533. The molecule has 0 bridgehead atoms. The van der Waals surface area contributed by atoms with Crippen molar-refractivity contribution in [3.63, 3.8) is 0 Å². The number of aromatic amines is 1. The van der Waals surface area contributed by atoms with Crippen molar-refractivity contribution in [2.45, 2.75) is 57.0 Å². The number of benzene rings is 1. The second-order valence-corrected chi connectivity index (χ2v) is 9.90. The van der Waals surface area contributed by atoms with Crippen molar-refractivity contribution >= 4 is 34.8 Å². The zero-order valence-electron chi connectivity index (χ0n) is 19.4. The number of hydrogen-bond acceptors (Lipinski definition) is 5. The van der Waals surface area contributed by atoms with Crippen molar-refractivity contribution < 1.29 is 23.9 Å². The number of ether oxygens (including phenoxy) is 1. The Morgan fingerprint density at radius 2 is 2.12 bits per heavy atom. The summed E-state index contributed by atoms with van der Waals surface area (Å²) in [4.78, 5) is 55.7. The summed E-state index contributed by atoms with van der Waals surface area (Å²) in [5, 5.41) is 3.68. The number of nitrogens with one attached hydrogen (secondary N) is 2. The SMILES string of the molecule is COc1cccc2[nH]c(C(=O)N3C[C@@H]4CCC[C@@H]4[C@H]3C(=O)N[C@@H](C=O)C[C@@H]3CCCC3=O)cc12. The number of methoxy groups -OCH3 is 1. The van der Waals surface area contributed by atoms with Gasteiger partial charge in [-0.25, -0.2) is 0 Å². The van der Waals surface area contributed by atoms with Gasteiger partial charge < -0.3 is 24.7 Å². The van der Waals surface area contributed by atoms with E-state index in [1.807, 2.05) is 18.2 Å². The molecule has 5 atom stereocenters. The average molecular weight is 466 g/mol. The fourth-order valence-corrected chi connectivity index (χ4v) is 6.29. The van der Waals surface area contributed by atoms with E-state index in [0.717, 1.165) is 49.3 Å². The minimum atomic E-state index is -0.714. The molecule has 3 fully saturated rings. The maximum atomic E-state index is 13.6. The Labute approximate surface area is 198 Å². The highest BCUT2D eigenvalue weighted by atomic mass is 16.5. The third kappa shape index (κ3) is 3.99. The van der Waals surface area contributed by atoms with Crippen LogP contribution in [0.4, 0.5) is 0 Å². The van der Waals surface area contributed by atoms with E-state index in [1.54, 1.807) is 18.1 Å². The Balaban J connectivity index is 1.37. The van der Waals surface area contributed by atoms with E-state index >= 15 is 0 Å². The van der Waals surface area contributed by atoms with Crippen molar-refractivity contribution in [2.75, 3.05) is 13.7 Å². The second-order valence-electron chi connectivity index (χ2n) is 9.90. The van der Waals surface area contributed by atoms with Gasteiger partial charge in [-0.15, -0.1) is 0 Å². The zero-order chi connectivity index (χ0) is 23.8. The van der Waals surface area contributed by atoms with Gasteiger partial charge in [-0.2, -0.15) is 0 Å². The van der Waals surface area contributed by atoms with Crippen LogP contribution in [0, 0.1) is 17.8 Å². The number of aromatic nitrogens is 1. The Morgan fingerprint density at radius 1 is 1.26 bits per heavy atom. The van der Waals surface area contributed by atoms with E-state index in [0.29, 0.717) is 30.8 Å². The minimum absolute atomic E-state index is 0.0864. The number of likely N-dealkylation sites (tertiary alicyclic amines) is 1. The molecule has 8 heteroatoms. The third-order valence-electron chi connectivity index (χ3n) is 7.96. The van der Waals surface area contributed by atoms with E-state index in [4.69, 9.17) is 4.74 Å². The summed E-state index contributed by atoms with van der Waals surface area (Å²) < 4.78 is 5.42. The second kappa shape index (κ2) is 9.24. The van der Waals surface area contributed by atoms with Crippen molar-refractivity contribution in [1.82, 2.24) is 15.2 Å². The first-order valence-corrected chi connectivity index (χ1v) is 12.2. The van der Waals surface area contributed by atoms with E-state index in [-0.39, 0.29) is 35.4 Å². The van der Waals surface area contributed by atoms with Crippen LogP contribution in [-0.4, -0.2) is 59.5 Å². The number of H-pyrrole nitrogens is 1.